The number of hydrogen-bond donors (Lipinski definition) is 0. The second-order valence-corrected chi connectivity index (χ2v) is 7.71. The minimum absolute atomic E-state index is 0.0775. The van der Waals surface area contributed by atoms with E-state index in [4.69, 9.17) is 47.0 Å². The number of anilines is 1. The van der Waals surface area contributed by atoms with Gasteiger partial charge < -0.3 is 0 Å². The zero-order valence-electron chi connectivity index (χ0n) is 11.7. The van der Waals surface area contributed by atoms with Gasteiger partial charge in [-0.15, -0.1) is 0 Å². The Labute approximate surface area is 162 Å². The Morgan fingerprint density at radius 2 is 1.83 bits per heavy atom. The van der Waals surface area contributed by atoms with E-state index in [0.29, 0.717) is 30.5 Å². The Morgan fingerprint density at radius 3 is 2.50 bits per heavy atom. The summed E-state index contributed by atoms with van der Waals surface area (Å²) in [7, 11) is 0. The highest BCUT2D eigenvalue weighted by atomic mass is 35.5. The zero-order valence-corrected chi connectivity index (χ0v) is 15.6. The second kappa shape index (κ2) is 7.02. The first-order chi connectivity index (χ1) is 11.4. The molecule has 1 amide bonds. The van der Waals surface area contributed by atoms with Gasteiger partial charge in [0.2, 0.25) is 0 Å². The molecule has 1 aliphatic rings. The molecular formula is C16H7Cl3FNOS2. The Hall–Kier alpha value is -1.11. The zero-order chi connectivity index (χ0) is 17.4. The smallest absolute Gasteiger partial charge is 0.268 e. The molecule has 0 aliphatic carbocycles. The molecule has 0 bridgehead atoms. The molecule has 0 spiro atoms. The summed E-state index contributed by atoms with van der Waals surface area (Å²) in [6.45, 7) is 0. The molecule has 0 N–H and O–H groups in total. The molecule has 122 valence electrons. The van der Waals surface area contributed by atoms with Gasteiger partial charge in [0, 0.05) is 10.0 Å². The van der Waals surface area contributed by atoms with Crippen molar-refractivity contribution in [1.29, 1.82) is 0 Å². The Kier molecular flexibility index (Phi) is 5.18. The van der Waals surface area contributed by atoms with Crippen LogP contribution in [-0.2, 0) is 4.79 Å². The van der Waals surface area contributed by atoms with Gasteiger partial charge >= 0.3 is 0 Å². The lowest BCUT2D eigenvalue weighted by molar-refractivity contribution is -0.113. The van der Waals surface area contributed by atoms with Crippen molar-refractivity contribution in [3.63, 3.8) is 0 Å². The highest BCUT2D eigenvalue weighted by Gasteiger charge is 2.33. The molecule has 1 saturated heterocycles. The summed E-state index contributed by atoms with van der Waals surface area (Å²) < 4.78 is 13.6. The summed E-state index contributed by atoms with van der Waals surface area (Å²) in [6.07, 6.45) is 1.64. The summed E-state index contributed by atoms with van der Waals surface area (Å²) in [5.74, 6) is -0.881. The minimum Gasteiger partial charge on any atom is -0.268 e. The Balaban J connectivity index is 1.96. The lowest BCUT2D eigenvalue weighted by Gasteiger charge is -2.14. The van der Waals surface area contributed by atoms with Gasteiger partial charge in [-0.05, 0) is 42.0 Å². The van der Waals surface area contributed by atoms with Gasteiger partial charge in [0.15, 0.2) is 4.32 Å². The van der Waals surface area contributed by atoms with Crippen molar-refractivity contribution in [1.82, 2.24) is 0 Å². The van der Waals surface area contributed by atoms with E-state index in [-0.39, 0.29) is 10.9 Å². The summed E-state index contributed by atoms with van der Waals surface area (Å²) in [5.41, 5.74) is 1.06. The van der Waals surface area contributed by atoms with Gasteiger partial charge in [0.25, 0.3) is 5.91 Å². The third-order valence-corrected chi connectivity index (χ3v) is 5.36. The maximum absolute atomic E-state index is 13.3. The molecule has 1 fully saturated rings. The maximum atomic E-state index is 13.3. The van der Waals surface area contributed by atoms with Crippen LogP contribution in [0.5, 0.6) is 0 Å². The minimum atomic E-state index is -0.561. The van der Waals surface area contributed by atoms with Gasteiger partial charge in [0.05, 0.1) is 15.6 Å². The molecule has 2 nitrogen and oxygen atoms in total. The normalized spacial score (nSPS) is 16.3. The van der Waals surface area contributed by atoms with Crippen LogP contribution in [0.15, 0.2) is 41.3 Å². The SMILES string of the molecule is O=C1C(=Cc2ccc(Cl)cc2Cl)SC(=S)N1c1ccc(F)c(Cl)c1. The third-order valence-electron chi connectivity index (χ3n) is 3.20. The summed E-state index contributed by atoms with van der Waals surface area (Å²) >= 11 is 24.2. The van der Waals surface area contributed by atoms with Crippen molar-refractivity contribution in [2.24, 2.45) is 0 Å². The summed E-state index contributed by atoms with van der Waals surface area (Å²) in [6, 6.07) is 8.99. The van der Waals surface area contributed by atoms with Crippen molar-refractivity contribution < 1.29 is 9.18 Å². The van der Waals surface area contributed by atoms with Gasteiger partial charge in [-0.25, -0.2) is 4.39 Å². The number of amides is 1. The quantitative estimate of drug-likeness (QED) is 0.428. The molecule has 3 rings (SSSR count). The first-order valence-electron chi connectivity index (χ1n) is 6.55. The van der Waals surface area contributed by atoms with E-state index >= 15 is 0 Å². The second-order valence-electron chi connectivity index (χ2n) is 4.78. The molecule has 24 heavy (non-hydrogen) atoms. The largest absolute Gasteiger partial charge is 0.270 e. The number of benzene rings is 2. The van der Waals surface area contributed by atoms with E-state index in [0.717, 1.165) is 11.8 Å². The predicted molar refractivity (Wildman–Crippen MR) is 104 cm³/mol. The van der Waals surface area contributed by atoms with Crippen LogP contribution in [0.3, 0.4) is 0 Å². The molecule has 2 aromatic carbocycles. The fourth-order valence-corrected chi connectivity index (χ4v) is 4.00. The lowest BCUT2D eigenvalue weighted by Crippen LogP contribution is -2.27. The fourth-order valence-electron chi connectivity index (χ4n) is 2.07. The molecular weight excluding hydrogens is 412 g/mol. The van der Waals surface area contributed by atoms with Crippen molar-refractivity contribution in [2.45, 2.75) is 0 Å². The standard InChI is InChI=1S/C16H7Cl3FNOS2/c17-9-2-1-8(11(18)6-9)5-14-15(22)21(16(23)24-14)10-3-4-13(20)12(19)7-10/h1-7H. The first kappa shape index (κ1) is 17.7. The molecule has 0 aromatic heterocycles. The van der Waals surface area contributed by atoms with Gasteiger partial charge in [0.1, 0.15) is 5.82 Å². The van der Waals surface area contributed by atoms with E-state index in [1.807, 2.05) is 0 Å². The topological polar surface area (TPSA) is 20.3 Å². The monoisotopic (exact) mass is 417 g/mol. The molecule has 0 saturated carbocycles. The number of thiocarbonyl (C=S) groups is 1. The molecule has 1 heterocycles. The average Bonchev–Trinajstić information content (AvgIpc) is 2.79. The number of carbonyl (C=O) groups is 1. The Morgan fingerprint density at radius 1 is 1.08 bits per heavy atom. The van der Waals surface area contributed by atoms with Crippen LogP contribution in [0.1, 0.15) is 5.56 Å². The molecule has 1 aliphatic heterocycles. The number of rotatable bonds is 2. The van der Waals surface area contributed by atoms with Crippen molar-refractivity contribution in [3.05, 3.63) is 67.8 Å². The van der Waals surface area contributed by atoms with E-state index in [2.05, 4.69) is 0 Å². The van der Waals surface area contributed by atoms with Crippen LogP contribution < -0.4 is 4.90 Å². The maximum Gasteiger partial charge on any atom is 0.270 e. The van der Waals surface area contributed by atoms with Crippen LogP contribution in [0.2, 0.25) is 15.1 Å². The van der Waals surface area contributed by atoms with E-state index < -0.39 is 5.82 Å². The molecule has 8 heteroatoms. The van der Waals surface area contributed by atoms with Gasteiger partial charge in [-0.3, -0.25) is 9.69 Å². The van der Waals surface area contributed by atoms with E-state index in [1.54, 1.807) is 24.3 Å². The average molecular weight is 419 g/mol. The Bertz CT molecular complexity index is 901. The van der Waals surface area contributed by atoms with Crippen LogP contribution in [0.4, 0.5) is 10.1 Å². The molecule has 0 atom stereocenters. The number of thioether (sulfide) groups is 1. The highest BCUT2D eigenvalue weighted by Crippen LogP contribution is 2.38. The van der Waals surface area contributed by atoms with Gasteiger partial charge in [-0.1, -0.05) is 64.8 Å². The highest BCUT2D eigenvalue weighted by molar-refractivity contribution is 8.27. The van der Waals surface area contributed by atoms with Gasteiger partial charge in [-0.2, -0.15) is 0 Å². The first-order valence-corrected chi connectivity index (χ1v) is 8.91. The molecule has 0 radical (unpaired) electrons. The van der Waals surface area contributed by atoms with E-state index in [9.17, 15) is 9.18 Å². The van der Waals surface area contributed by atoms with Crippen molar-refractivity contribution in [2.75, 3.05) is 4.90 Å². The number of nitrogens with zero attached hydrogens (tertiary/aromatic N) is 1. The number of hydrogen-bond acceptors (Lipinski definition) is 3. The van der Waals surface area contributed by atoms with Crippen molar-refractivity contribution >= 4 is 80.8 Å². The third kappa shape index (κ3) is 3.46. The fraction of sp³-hybridized carbons (Fsp3) is 0. The van der Waals surface area contributed by atoms with Crippen LogP contribution in [-0.4, -0.2) is 10.2 Å². The van der Waals surface area contributed by atoms with Crippen LogP contribution >= 0.6 is 58.8 Å². The van der Waals surface area contributed by atoms with Crippen LogP contribution in [0, 0.1) is 5.82 Å². The lowest BCUT2D eigenvalue weighted by atomic mass is 10.2. The van der Waals surface area contributed by atoms with Crippen LogP contribution in [0.25, 0.3) is 6.08 Å². The summed E-state index contributed by atoms with van der Waals surface area (Å²) in [5, 5.41) is 0.856. The van der Waals surface area contributed by atoms with Crippen molar-refractivity contribution in [3.8, 4) is 0 Å². The molecule has 2 aromatic rings. The van der Waals surface area contributed by atoms with E-state index in [1.165, 1.54) is 23.1 Å². The molecule has 0 unspecified atom stereocenters. The predicted octanol–water partition coefficient (Wildman–Crippen LogP) is 6.19. The number of carbonyl (C=O) groups excluding carboxylic acids is 1. The summed E-state index contributed by atoms with van der Waals surface area (Å²) in [4.78, 5) is 14.4. The number of halogens is 4.